The molecule has 3 heterocycles. The molecule has 11 nitrogen and oxygen atoms in total. The monoisotopic (exact) mass is 345 g/mol. The Morgan fingerprint density at radius 1 is 1.16 bits per heavy atom. The minimum atomic E-state index is -0.924. The Labute approximate surface area is 137 Å². The van der Waals surface area contributed by atoms with Crippen LogP contribution in [0.3, 0.4) is 0 Å². The van der Waals surface area contributed by atoms with E-state index in [0.717, 1.165) is 17.0 Å². The van der Waals surface area contributed by atoms with Crippen LogP contribution in [0.2, 0.25) is 0 Å². The van der Waals surface area contributed by atoms with Gasteiger partial charge in [-0.15, -0.1) is 0 Å². The average Bonchev–Trinajstić information content (AvgIpc) is 3.07. The highest BCUT2D eigenvalue weighted by atomic mass is 16.3. The van der Waals surface area contributed by atoms with Crippen LogP contribution in [0.1, 0.15) is 16.1 Å². The van der Waals surface area contributed by atoms with Crippen LogP contribution in [-0.4, -0.2) is 25.4 Å². The zero-order chi connectivity index (χ0) is 18.0. The standard InChI is InChI=1S/C14H11N5O6/c20-10(17-9-5-15-13(23)18-11(9)21)8-4-16-14(24)19(12(8)22)6-7-2-1-3-25-7/h1-5H,6H2,(H,16,24)(H,17,20)(H2,15,18,21,23). The predicted molar refractivity (Wildman–Crippen MR) is 84.8 cm³/mol. The van der Waals surface area contributed by atoms with Gasteiger partial charge in [-0.2, -0.15) is 0 Å². The summed E-state index contributed by atoms with van der Waals surface area (Å²) in [6, 6.07) is 3.16. The fourth-order valence-corrected chi connectivity index (χ4v) is 2.07. The lowest BCUT2D eigenvalue weighted by molar-refractivity contribution is 0.102. The van der Waals surface area contributed by atoms with Crippen molar-refractivity contribution in [2.75, 3.05) is 5.32 Å². The molecule has 0 fully saturated rings. The predicted octanol–water partition coefficient (Wildman–Crippen LogP) is -1.19. The molecule has 128 valence electrons. The first-order valence-corrected chi connectivity index (χ1v) is 6.94. The van der Waals surface area contributed by atoms with Crippen LogP contribution >= 0.6 is 0 Å². The fraction of sp³-hybridized carbons (Fsp3) is 0.0714. The van der Waals surface area contributed by atoms with Gasteiger partial charge in [-0.25, -0.2) is 9.59 Å². The first-order valence-electron chi connectivity index (χ1n) is 6.94. The van der Waals surface area contributed by atoms with Gasteiger partial charge in [0.15, 0.2) is 0 Å². The van der Waals surface area contributed by atoms with Crippen LogP contribution in [0.5, 0.6) is 0 Å². The quantitative estimate of drug-likeness (QED) is 0.464. The van der Waals surface area contributed by atoms with Gasteiger partial charge in [-0.1, -0.05) is 0 Å². The highest BCUT2D eigenvalue weighted by Gasteiger charge is 2.17. The van der Waals surface area contributed by atoms with E-state index < -0.39 is 34.0 Å². The number of aromatic nitrogens is 4. The zero-order valence-corrected chi connectivity index (χ0v) is 12.5. The molecule has 3 aromatic heterocycles. The number of nitrogens with zero attached hydrogens (tertiary/aromatic N) is 1. The van der Waals surface area contributed by atoms with Crippen molar-refractivity contribution in [3.8, 4) is 0 Å². The van der Waals surface area contributed by atoms with Gasteiger partial charge in [0.05, 0.1) is 12.8 Å². The molecular formula is C14H11N5O6. The molecule has 0 spiro atoms. The molecule has 4 N–H and O–H groups in total. The van der Waals surface area contributed by atoms with Gasteiger partial charge >= 0.3 is 11.4 Å². The third-order valence-corrected chi connectivity index (χ3v) is 3.27. The summed E-state index contributed by atoms with van der Waals surface area (Å²) in [6.07, 6.45) is 3.32. The number of hydrogen-bond acceptors (Lipinski definition) is 6. The number of nitrogens with one attached hydrogen (secondary N) is 4. The maximum Gasteiger partial charge on any atom is 0.328 e. The summed E-state index contributed by atoms with van der Waals surface area (Å²) in [7, 11) is 0. The molecule has 1 amide bonds. The summed E-state index contributed by atoms with van der Waals surface area (Å²) in [5, 5.41) is 2.19. The number of carbonyl (C=O) groups is 1. The Morgan fingerprint density at radius 3 is 2.64 bits per heavy atom. The topological polar surface area (TPSA) is 163 Å². The summed E-state index contributed by atoms with van der Waals surface area (Å²) in [5.74, 6) is -0.575. The molecule has 0 aliphatic carbocycles. The van der Waals surface area contributed by atoms with Crippen molar-refractivity contribution in [3.63, 3.8) is 0 Å². The highest BCUT2D eigenvalue weighted by molar-refractivity contribution is 6.03. The van der Waals surface area contributed by atoms with Gasteiger partial charge < -0.3 is 19.7 Å². The summed E-state index contributed by atoms with van der Waals surface area (Å²) in [6.45, 7) is -0.165. The van der Waals surface area contributed by atoms with Gasteiger partial charge in [0.2, 0.25) is 0 Å². The number of amides is 1. The minimum absolute atomic E-state index is 0.165. The van der Waals surface area contributed by atoms with Crippen molar-refractivity contribution in [3.05, 3.63) is 83.8 Å². The number of anilines is 1. The first-order chi connectivity index (χ1) is 12.0. The van der Waals surface area contributed by atoms with Gasteiger partial charge in [-0.3, -0.25) is 23.9 Å². The van der Waals surface area contributed by atoms with Crippen molar-refractivity contribution in [2.24, 2.45) is 0 Å². The van der Waals surface area contributed by atoms with E-state index in [1.165, 1.54) is 6.26 Å². The molecule has 0 aromatic carbocycles. The van der Waals surface area contributed by atoms with Crippen LogP contribution in [0.25, 0.3) is 0 Å². The number of H-pyrrole nitrogens is 3. The molecule has 11 heteroatoms. The smallest absolute Gasteiger partial charge is 0.328 e. The first kappa shape index (κ1) is 16.0. The van der Waals surface area contributed by atoms with Crippen molar-refractivity contribution < 1.29 is 9.21 Å². The van der Waals surface area contributed by atoms with Gasteiger partial charge in [0, 0.05) is 12.4 Å². The Hall–Kier alpha value is -3.89. The van der Waals surface area contributed by atoms with E-state index in [4.69, 9.17) is 4.42 Å². The van der Waals surface area contributed by atoms with Crippen molar-refractivity contribution in [1.29, 1.82) is 0 Å². The number of rotatable bonds is 4. The molecule has 0 saturated heterocycles. The molecule has 3 aromatic rings. The molecule has 0 aliphatic rings. The summed E-state index contributed by atoms with van der Waals surface area (Å²) >= 11 is 0. The van der Waals surface area contributed by atoms with Crippen LogP contribution in [0.4, 0.5) is 5.69 Å². The van der Waals surface area contributed by atoms with Crippen molar-refractivity contribution in [2.45, 2.75) is 6.54 Å². The van der Waals surface area contributed by atoms with E-state index in [-0.39, 0.29) is 12.2 Å². The SMILES string of the molecule is O=C(Nc1c[nH]c(=O)[nH]c1=O)c1c[nH]c(=O)n(Cc2ccco2)c1=O. The minimum Gasteiger partial charge on any atom is -0.467 e. The van der Waals surface area contributed by atoms with Crippen LogP contribution < -0.4 is 27.8 Å². The van der Waals surface area contributed by atoms with Crippen LogP contribution in [0, 0.1) is 0 Å². The maximum absolute atomic E-state index is 12.4. The number of carbonyl (C=O) groups excluding carboxylic acids is 1. The Morgan fingerprint density at radius 2 is 1.96 bits per heavy atom. The second-order valence-electron chi connectivity index (χ2n) is 4.92. The number of furan rings is 1. The van der Waals surface area contributed by atoms with Gasteiger partial charge in [0.1, 0.15) is 17.0 Å². The molecular weight excluding hydrogens is 334 g/mol. The van der Waals surface area contributed by atoms with Gasteiger partial charge in [-0.05, 0) is 12.1 Å². The second-order valence-corrected chi connectivity index (χ2v) is 4.92. The summed E-state index contributed by atoms with van der Waals surface area (Å²) < 4.78 is 5.86. The summed E-state index contributed by atoms with van der Waals surface area (Å²) in [4.78, 5) is 65.4. The third-order valence-electron chi connectivity index (χ3n) is 3.27. The number of aromatic amines is 3. The van der Waals surface area contributed by atoms with E-state index in [1.54, 1.807) is 12.1 Å². The number of hydrogen-bond donors (Lipinski definition) is 4. The lowest BCUT2D eigenvalue weighted by atomic mass is 10.3. The normalized spacial score (nSPS) is 10.6. The molecule has 0 radical (unpaired) electrons. The van der Waals surface area contributed by atoms with E-state index in [1.807, 2.05) is 4.98 Å². The molecule has 0 bridgehead atoms. The van der Waals surface area contributed by atoms with Gasteiger partial charge in [0.25, 0.3) is 17.0 Å². The van der Waals surface area contributed by atoms with Crippen LogP contribution in [0.15, 0.2) is 54.4 Å². The van der Waals surface area contributed by atoms with E-state index >= 15 is 0 Å². The Balaban J connectivity index is 1.95. The lowest BCUT2D eigenvalue weighted by Crippen LogP contribution is -2.39. The summed E-state index contributed by atoms with van der Waals surface area (Å²) in [5.41, 5.74) is -3.81. The van der Waals surface area contributed by atoms with E-state index in [9.17, 15) is 24.0 Å². The average molecular weight is 345 g/mol. The van der Waals surface area contributed by atoms with E-state index in [2.05, 4.69) is 15.3 Å². The molecule has 25 heavy (non-hydrogen) atoms. The molecule has 0 atom stereocenters. The van der Waals surface area contributed by atoms with Crippen molar-refractivity contribution in [1.82, 2.24) is 19.5 Å². The van der Waals surface area contributed by atoms with Crippen LogP contribution in [-0.2, 0) is 6.54 Å². The maximum atomic E-state index is 12.4. The highest BCUT2D eigenvalue weighted by Crippen LogP contribution is 2.01. The Kier molecular flexibility index (Phi) is 4.04. The lowest BCUT2D eigenvalue weighted by Gasteiger charge is -2.06. The molecule has 3 rings (SSSR count). The second kappa shape index (κ2) is 6.31. The third kappa shape index (κ3) is 3.24. The molecule has 0 saturated carbocycles. The van der Waals surface area contributed by atoms with E-state index in [0.29, 0.717) is 5.76 Å². The van der Waals surface area contributed by atoms with Crippen molar-refractivity contribution >= 4 is 11.6 Å². The fourth-order valence-electron chi connectivity index (χ4n) is 2.07. The molecule has 0 unspecified atom stereocenters. The molecule has 0 aliphatic heterocycles. The Bertz CT molecular complexity index is 1150. The zero-order valence-electron chi connectivity index (χ0n) is 12.5. The largest absolute Gasteiger partial charge is 0.467 e.